The van der Waals surface area contributed by atoms with Crippen molar-refractivity contribution in [2.75, 3.05) is 0 Å². The van der Waals surface area contributed by atoms with E-state index in [1.54, 1.807) is 12.3 Å². The van der Waals surface area contributed by atoms with Gasteiger partial charge in [0, 0.05) is 30.5 Å². The Labute approximate surface area is 152 Å². The summed E-state index contributed by atoms with van der Waals surface area (Å²) in [4.78, 5) is 29.4. The molecule has 0 spiro atoms. The standard InChI is InChI=1S/C21H18ClNO2/c1-4-5-14-10-18(24)20(21(14)25)19-12(2)8-15(9-13(19)3)17-7-6-16(22)11-23-17/h1,6-9,11,14,20H,5,10H2,2-3H3. The van der Waals surface area contributed by atoms with Crippen molar-refractivity contribution in [1.29, 1.82) is 0 Å². The lowest BCUT2D eigenvalue weighted by atomic mass is 9.85. The number of halogens is 1. The zero-order valence-corrected chi connectivity index (χ0v) is 14.9. The van der Waals surface area contributed by atoms with Crippen LogP contribution in [0.4, 0.5) is 0 Å². The Morgan fingerprint density at radius 3 is 2.48 bits per heavy atom. The Hall–Kier alpha value is -2.44. The van der Waals surface area contributed by atoms with Gasteiger partial charge in [-0.15, -0.1) is 12.3 Å². The van der Waals surface area contributed by atoms with E-state index in [2.05, 4.69) is 10.9 Å². The highest BCUT2D eigenvalue weighted by molar-refractivity contribution is 6.30. The summed E-state index contributed by atoms with van der Waals surface area (Å²) in [5.41, 5.74) is 4.39. The molecule has 0 radical (unpaired) electrons. The van der Waals surface area contributed by atoms with E-state index in [-0.39, 0.29) is 23.9 Å². The fourth-order valence-electron chi connectivity index (χ4n) is 3.60. The van der Waals surface area contributed by atoms with Crippen LogP contribution in [-0.2, 0) is 9.59 Å². The molecule has 1 aromatic heterocycles. The van der Waals surface area contributed by atoms with Gasteiger partial charge in [0.25, 0.3) is 0 Å². The number of benzene rings is 1. The second-order valence-electron chi connectivity index (χ2n) is 6.50. The molecule has 1 aromatic carbocycles. The molecular weight excluding hydrogens is 334 g/mol. The Kier molecular flexibility index (Phi) is 4.74. The van der Waals surface area contributed by atoms with Gasteiger partial charge < -0.3 is 0 Å². The van der Waals surface area contributed by atoms with Crippen LogP contribution in [0, 0.1) is 32.1 Å². The summed E-state index contributed by atoms with van der Waals surface area (Å²) in [7, 11) is 0. The second-order valence-corrected chi connectivity index (χ2v) is 6.93. The summed E-state index contributed by atoms with van der Waals surface area (Å²) >= 11 is 5.89. The number of carbonyl (C=O) groups excluding carboxylic acids is 2. The van der Waals surface area contributed by atoms with Gasteiger partial charge in [-0.05, 0) is 54.8 Å². The third-order valence-corrected chi connectivity index (χ3v) is 4.95. The highest BCUT2D eigenvalue weighted by atomic mass is 35.5. The molecule has 0 N–H and O–H groups in total. The lowest BCUT2D eigenvalue weighted by molar-refractivity contribution is -0.124. The summed E-state index contributed by atoms with van der Waals surface area (Å²) in [5, 5.41) is 0.579. The van der Waals surface area contributed by atoms with Crippen LogP contribution in [0.2, 0.25) is 5.02 Å². The van der Waals surface area contributed by atoms with E-state index in [9.17, 15) is 9.59 Å². The monoisotopic (exact) mass is 351 g/mol. The average Bonchev–Trinajstić information content (AvgIpc) is 2.83. The summed E-state index contributed by atoms with van der Waals surface area (Å²) < 4.78 is 0. The Morgan fingerprint density at radius 2 is 1.92 bits per heavy atom. The van der Waals surface area contributed by atoms with Gasteiger partial charge in [0.15, 0.2) is 5.78 Å². The zero-order chi connectivity index (χ0) is 18.1. The molecular formula is C21H18ClNO2. The third kappa shape index (κ3) is 3.23. The van der Waals surface area contributed by atoms with Crippen LogP contribution < -0.4 is 0 Å². The first-order chi connectivity index (χ1) is 11.9. The van der Waals surface area contributed by atoms with E-state index in [0.717, 1.165) is 27.9 Å². The van der Waals surface area contributed by atoms with Crippen LogP contribution in [0.3, 0.4) is 0 Å². The number of hydrogen-bond donors (Lipinski definition) is 0. The van der Waals surface area contributed by atoms with Crippen molar-refractivity contribution >= 4 is 23.2 Å². The molecule has 1 aliphatic carbocycles. The maximum atomic E-state index is 12.7. The van der Waals surface area contributed by atoms with Gasteiger partial charge in [0.2, 0.25) is 0 Å². The number of terminal acetylenes is 1. The van der Waals surface area contributed by atoms with Gasteiger partial charge in [-0.25, -0.2) is 0 Å². The molecule has 0 aliphatic heterocycles. The molecule has 3 rings (SSSR count). The first kappa shape index (κ1) is 17.4. The molecule has 2 aromatic rings. The smallest absolute Gasteiger partial charge is 0.152 e. The Balaban J connectivity index is 2.01. The van der Waals surface area contributed by atoms with Crippen LogP contribution in [0.15, 0.2) is 30.5 Å². The number of hydrogen-bond acceptors (Lipinski definition) is 3. The van der Waals surface area contributed by atoms with Crippen LogP contribution in [0.1, 0.15) is 35.4 Å². The third-order valence-electron chi connectivity index (χ3n) is 4.73. The van der Waals surface area contributed by atoms with Crippen molar-refractivity contribution in [2.45, 2.75) is 32.6 Å². The lowest BCUT2D eigenvalue weighted by Crippen LogP contribution is -2.17. The van der Waals surface area contributed by atoms with Crippen LogP contribution in [0.5, 0.6) is 0 Å². The van der Waals surface area contributed by atoms with E-state index in [1.165, 1.54) is 0 Å². The second kappa shape index (κ2) is 6.82. The number of pyridine rings is 1. The molecule has 1 heterocycles. The van der Waals surface area contributed by atoms with Gasteiger partial charge in [-0.1, -0.05) is 11.6 Å². The predicted octanol–water partition coefficient (Wildman–Crippen LogP) is 4.28. The summed E-state index contributed by atoms with van der Waals surface area (Å²) in [5.74, 6) is 1.38. The molecule has 0 amide bonds. The summed E-state index contributed by atoms with van der Waals surface area (Å²) in [6, 6.07) is 7.57. The molecule has 1 saturated carbocycles. The first-order valence-corrected chi connectivity index (χ1v) is 8.53. The minimum Gasteiger partial charge on any atom is -0.298 e. The van der Waals surface area contributed by atoms with Crippen LogP contribution in [-0.4, -0.2) is 16.6 Å². The van der Waals surface area contributed by atoms with Crippen molar-refractivity contribution in [1.82, 2.24) is 4.98 Å². The van der Waals surface area contributed by atoms with Crippen LogP contribution >= 0.6 is 11.6 Å². The minimum atomic E-state index is -0.689. The van der Waals surface area contributed by atoms with E-state index in [1.807, 2.05) is 32.0 Å². The Morgan fingerprint density at radius 1 is 1.24 bits per heavy atom. The largest absolute Gasteiger partial charge is 0.298 e. The average molecular weight is 352 g/mol. The van der Waals surface area contributed by atoms with Gasteiger partial charge in [0.1, 0.15) is 11.7 Å². The molecule has 0 bridgehead atoms. The molecule has 126 valence electrons. The van der Waals surface area contributed by atoms with Crippen molar-refractivity contribution in [3.05, 3.63) is 52.2 Å². The number of rotatable bonds is 3. The summed E-state index contributed by atoms with van der Waals surface area (Å²) in [6.45, 7) is 3.85. The molecule has 2 atom stereocenters. The maximum Gasteiger partial charge on any atom is 0.152 e. The molecule has 1 aliphatic rings. The molecule has 4 heteroatoms. The number of Topliss-reactive ketones (excluding diaryl/α,β-unsaturated/α-hetero) is 2. The molecule has 1 fully saturated rings. The number of aromatic nitrogens is 1. The normalized spacial score (nSPS) is 19.9. The summed E-state index contributed by atoms with van der Waals surface area (Å²) in [6.07, 6.45) is 7.49. The highest BCUT2D eigenvalue weighted by Crippen LogP contribution is 2.38. The van der Waals surface area contributed by atoms with Gasteiger partial charge >= 0.3 is 0 Å². The molecule has 0 saturated heterocycles. The highest BCUT2D eigenvalue weighted by Gasteiger charge is 2.42. The van der Waals surface area contributed by atoms with Crippen molar-refractivity contribution in [3.63, 3.8) is 0 Å². The number of ketones is 2. The fraction of sp³-hybridized carbons (Fsp3) is 0.286. The van der Waals surface area contributed by atoms with Gasteiger partial charge in [-0.2, -0.15) is 0 Å². The van der Waals surface area contributed by atoms with E-state index >= 15 is 0 Å². The number of carbonyl (C=O) groups is 2. The molecule has 3 nitrogen and oxygen atoms in total. The molecule has 25 heavy (non-hydrogen) atoms. The van der Waals surface area contributed by atoms with Gasteiger partial charge in [0.05, 0.1) is 10.7 Å². The van der Waals surface area contributed by atoms with E-state index in [0.29, 0.717) is 11.4 Å². The van der Waals surface area contributed by atoms with Crippen molar-refractivity contribution in [2.24, 2.45) is 5.92 Å². The van der Waals surface area contributed by atoms with E-state index in [4.69, 9.17) is 18.0 Å². The fourth-order valence-corrected chi connectivity index (χ4v) is 3.71. The quantitative estimate of drug-likeness (QED) is 0.612. The SMILES string of the molecule is C#CCC1CC(=O)C(c2c(C)cc(-c3ccc(Cl)cn3)cc2C)C1=O. The first-order valence-electron chi connectivity index (χ1n) is 8.15. The topological polar surface area (TPSA) is 47.0 Å². The number of aryl methyl sites for hydroxylation is 2. The van der Waals surface area contributed by atoms with Crippen molar-refractivity contribution < 1.29 is 9.59 Å². The minimum absolute atomic E-state index is 0.0335. The lowest BCUT2D eigenvalue weighted by Gasteiger charge is -2.17. The predicted molar refractivity (Wildman–Crippen MR) is 98.5 cm³/mol. The van der Waals surface area contributed by atoms with E-state index < -0.39 is 5.92 Å². The Bertz CT molecular complexity index is 870. The maximum absolute atomic E-state index is 12.7. The van der Waals surface area contributed by atoms with Gasteiger partial charge in [-0.3, -0.25) is 14.6 Å². The molecule has 2 unspecified atom stereocenters. The van der Waals surface area contributed by atoms with Crippen LogP contribution in [0.25, 0.3) is 11.3 Å². The van der Waals surface area contributed by atoms with Crippen molar-refractivity contribution in [3.8, 4) is 23.6 Å². The zero-order valence-electron chi connectivity index (χ0n) is 14.2. The number of nitrogens with zero attached hydrogens (tertiary/aromatic N) is 1.